The van der Waals surface area contributed by atoms with Crippen LogP contribution in [0.4, 0.5) is 0 Å². The third-order valence-corrected chi connectivity index (χ3v) is 8.02. The van der Waals surface area contributed by atoms with E-state index in [9.17, 15) is 4.79 Å². The Hall–Kier alpha value is -4.23. The van der Waals surface area contributed by atoms with Gasteiger partial charge in [0.1, 0.15) is 5.75 Å². The molecule has 1 amide bonds. The van der Waals surface area contributed by atoms with Crippen molar-refractivity contribution in [1.29, 1.82) is 0 Å². The number of carbonyl (C=O) groups excluding carboxylic acids is 1. The third kappa shape index (κ3) is 4.63. The lowest BCUT2D eigenvalue weighted by Crippen LogP contribution is -2.37. The average Bonchev–Trinajstić information content (AvgIpc) is 3.61. The van der Waals surface area contributed by atoms with Crippen molar-refractivity contribution in [3.05, 3.63) is 78.8 Å². The minimum absolute atomic E-state index is 0.0429. The number of pyridine rings is 2. The molecule has 1 saturated carbocycles. The predicted octanol–water partition coefficient (Wildman–Crippen LogP) is 5.86. The Morgan fingerprint density at radius 3 is 2.62 bits per heavy atom. The number of fused-ring (bicyclic) bond motifs is 3. The number of H-pyrrole nitrogens is 1. The molecule has 7 rings (SSSR count). The largest absolute Gasteiger partial charge is 0.490 e. The molecule has 2 aromatic carbocycles. The van der Waals surface area contributed by atoms with Crippen LogP contribution >= 0.6 is 0 Å². The van der Waals surface area contributed by atoms with Crippen molar-refractivity contribution in [3.8, 4) is 28.1 Å². The molecule has 39 heavy (non-hydrogen) atoms. The van der Waals surface area contributed by atoms with E-state index in [1.807, 2.05) is 48.8 Å². The molecule has 1 unspecified atom stereocenters. The Kier molecular flexibility index (Phi) is 6.21. The number of amides is 1. The summed E-state index contributed by atoms with van der Waals surface area (Å²) in [6.07, 6.45) is 11.4. The summed E-state index contributed by atoms with van der Waals surface area (Å²) >= 11 is 0. The molecular weight excluding hydrogens is 486 g/mol. The lowest BCUT2D eigenvalue weighted by Gasteiger charge is -2.28. The van der Waals surface area contributed by atoms with Gasteiger partial charge in [-0.3, -0.25) is 14.8 Å². The van der Waals surface area contributed by atoms with Gasteiger partial charge in [-0.05, 0) is 86.7 Å². The van der Waals surface area contributed by atoms with Crippen molar-refractivity contribution < 1.29 is 9.53 Å². The van der Waals surface area contributed by atoms with E-state index in [0.717, 1.165) is 75.7 Å². The van der Waals surface area contributed by atoms with Crippen LogP contribution in [0.2, 0.25) is 0 Å². The van der Waals surface area contributed by atoms with Gasteiger partial charge in [-0.25, -0.2) is 0 Å². The van der Waals surface area contributed by atoms with Gasteiger partial charge in [-0.2, -0.15) is 0 Å². The second-order valence-corrected chi connectivity index (χ2v) is 10.6. The summed E-state index contributed by atoms with van der Waals surface area (Å²) in [6.45, 7) is 1.68. The lowest BCUT2D eigenvalue weighted by atomic mass is 9.94. The Labute approximate surface area is 227 Å². The third-order valence-electron chi connectivity index (χ3n) is 8.02. The number of aromatic nitrogens is 3. The fourth-order valence-corrected chi connectivity index (χ4v) is 5.64. The van der Waals surface area contributed by atoms with Gasteiger partial charge in [0.05, 0.1) is 23.5 Å². The van der Waals surface area contributed by atoms with Gasteiger partial charge in [0.15, 0.2) is 0 Å². The van der Waals surface area contributed by atoms with Gasteiger partial charge in [0.2, 0.25) is 0 Å². The molecule has 3 aromatic heterocycles. The maximum Gasteiger partial charge on any atom is 0.251 e. The van der Waals surface area contributed by atoms with Crippen LogP contribution in [0.1, 0.15) is 42.5 Å². The number of benzene rings is 2. The first-order valence-electron chi connectivity index (χ1n) is 13.9. The molecule has 7 nitrogen and oxygen atoms in total. The molecule has 0 spiro atoms. The topological polar surface area (TPSA) is 91.9 Å². The molecule has 1 aliphatic carbocycles. The SMILES string of the molecule is O=C(NCC1CCCN1)c1ccc(-c2c(OC3CCC3)ccc3[nH]c4cnc(-c5cccnc5)cc4c23)cc1. The smallest absolute Gasteiger partial charge is 0.251 e. The van der Waals surface area contributed by atoms with Crippen molar-refractivity contribution in [2.75, 3.05) is 13.1 Å². The highest BCUT2D eigenvalue weighted by Crippen LogP contribution is 2.43. The maximum atomic E-state index is 12.8. The van der Waals surface area contributed by atoms with Crippen LogP contribution in [-0.2, 0) is 0 Å². The van der Waals surface area contributed by atoms with Crippen LogP contribution in [0.3, 0.4) is 0 Å². The van der Waals surface area contributed by atoms with Crippen LogP contribution in [0.25, 0.3) is 44.2 Å². The molecule has 196 valence electrons. The van der Waals surface area contributed by atoms with Gasteiger partial charge < -0.3 is 20.4 Å². The number of ether oxygens (including phenoxy) is 1. The molecule has 1 aliphatic heterocycles. The highest BCUT2D eigenvalue weighted by atomic mass is 16.5. The zero-order valence-corrected chi connectivity index (χ0v) is 21.7. The van der Waals surface area contributed by atoms with Crippen molar-refractivity contribution in [1.82, 2.24) is 25.6 Å². The summed E-state index contributed by atoms with van der Waals surface area (Å²) in [7, 11) is 0. The molecule has 3 N–H and O–H groups in total. The molecule has 7 heteroatoms. The van der Waals surface area contributed by atoms with Gasteiger partial charge in [-0.1, -0.05) is 12.1 Å². The fraction of sp³-hybridized carbons (Fsp3) is 0.281. The second kappa shape index (κ2) is 10.2. The minimum atomic E-state index is -0.0429. The summed E-state index contributed by atoms with van der Waals surface area (Å²) in [4.78, 5) is 25.4. The fourth-order valence-electron chi connectivity index (χ4n) is 5.64. The van der Waals surface area contributed by atoms with Crippen molar-refractivity contribution in [2.24, 2.45) is 0 Å². The van der Waals surface area contributed by atoms with E-state index in [1.54, 1.807) is 6.20 Å². The first-order chi connectivity index (χ1) is 19.2. The van der Waals surface area contributed by atoms with Gasteiger partial charge in [-0.15, -0.1) is 0 Å². The Bertz CT molecular complexity index is 1630. The van der Waals surface area contributed by atoms with Gasteiger partial charge in [0.25, 0.3) is 5.91 Å². The van der Waals surface area contributed by atoms with E-state index in [4.69, 9.17) is 9.72 Å². The van der Waals surface area contributed by atoms with Crippen LogP contribution in [0, 0.1) is 0 Å². The first kappa shape index (κ1) is 23.9. The van der Waals surface area contributed by atoms with Crippen LogP contribution in [0.5, 0.6) is 5.75 Å². The summed E-state index contributed by atoms with van der Waals surface area (Å²) in [5.74, 6) is 0.830. The number of aromatic amines is 1. The molecule has 0 radical (unpaired) electrons. The maximum absolute atomic E-state index is 12.8. The number of hydrogen-bond acceptors (Lipinski definition) is 5. The van der Waals surface area contributed by atoms with Crippen molar-refractivity contribution in [2.45, 2.75) is 44.2 Å². The average molecular weight is 518 g/mol. The highest BCUT2D eigenvalue weighted by Gasteiger charge is 2.23. The Morgan fingerprint density at radius 2 is 1.87 bits per heavy atom. The number of rotatable bonds is 7. The van der Waals surface area contributed by atoms with Crippen LogP contribution < -0.4 is 15.4 Å². The Morgan fingerprint density at radius 1 is 0.974 bits per heavy atom. The van der Waals surface area contributed by atoms with E-state index in [-0.39, 0.29) is 12.0 Å². The Balaban J connectivity index is 1.30. The zero-order valence-electron chi connectivity index (χ0n) is 21.7. The predicted molar refractivity (Wildman–Crippen MR) is 154 cm³/mol. The highest BCUT2D eigenvalue weighted by molar-refractivity contribution is 6.16. The number of nitrogens with zero attached hydrogens (tertiary/aromatic N) is 2. The monoisotopic (exact) mass is 517 g/mol. The molecule has 2 aliphatic rings. The molecule has 2 fully saturated rings. The van der Waals surface area contributed by atoms with Gasteiger partial charge in [0, 0.05) is 58.0 Å². The molecule has 1 saturated heterocycles. The van der Waals surface area contributed by atoms with Crippen molar-refractivity contribution >= 4 is 27.7 Å². The summed E-state index contributed by atoms with van der Waals surface area (Å²) in [6, 6.07) is 18.5. The normalized spacial score (nSPS) is 17.4. The van der Waals surface area contributed by atoms with Crippen molar-refractivity contribution in [3.63, 3.8) is 0 Å². The molecule has 5 aromatic rings. The summed E-state index contributed by atoms with van der Waals surface area (Å²) in [5.41, 5.74) is 6.55. The molecular formula is C32H31N5O2. The molecule has 0 bridgehead atoms. The quantitative estimate of drug-likeness (QED) is 0.252. The van der Waals surface area contributed by atoms with E-state index in [0.29, 0.717) is 18.2 Å². The van der Waals surface area contributed by atoms with Crippen LogP contribution in [0.15, 0.2) is 73.2 Å². The molecule has 1 atom stereocenters. The lowest BCUT2D eigenvalue weighted by molar-refractivity contribution is 0.0950. The number of nitrogens with one attached hydrogen (secondary N) is 3. The molecule has 4 heterocycles. The first-order valence-corrected chi connectivity index (χ1v) is 13.9. The second-order valence-electron chi connectivity index (χ2n) is 10.6. The van der Waals surface area contributed by atoms with Crippen LogP contribution in [-0.4, -0.2) is 46.1 Å². The van der Waals surface area contributed by atoms with E-state index >= 15 is 0 Å². The van der Waals surface area contributed by atoms with E-state index < -0.39 is 0 Å². The zero-order chi connectivity index (χ0) is 26.2. The number of hydrogen-bond donors (Lipinski definition) is 3. The van der Waals surface area contributed by atoms with E-state index in [2.05, 4.69) is 38.8 Å². The van der Waals surface area contributed by atoms with Gasteiger partial charge >= 0.3 is 0 Å². The van der Waals surface area contributed by atoms with E-state index in [1.165, 1.54) is 12.8 Å². The number of carbonyl (C=O) groups is 1. The standard InChI is InChI=1S/C32H31N5O2/c38-32(36-18-23-5-3-15-34-23)21-10-8-20(9-11-21)30-29(39-24-6-1-7-24)13-12-26-31(30)25-16-27(35-19-28(25)37-26)22-4-2-14-33-17-22/h2,4,8-14,16-17,19,23-24,34,37H,1,3,5-7,15,18H2,(H,36,38). The minimum Gasteiger partial charge on any atom is -0.490 e. The summed E-state index contributed by atoms with van der Waals surface area (Å²) < 4.78 is 6.52. The summed E-state index contributed by atoms with van der Waals surface area (Å²) in [5, 5.41) is 8.69.